The fourth-order valence-corrected chi connectivity index (χ4v) is 3.89. The van der Waals surface area contributed by atoms with Gasteiger partial charge < -0.3 is 20.9 Å². The molecule has 198 valence electrons. The van der Waals surface area contributed by atoms with Crippen LogP contribution in [0, 0.1) is 0 Å². The highest BCUT2D eigenvalue weighted by Gasteiger charge is 2.30. The van der Waals surface area contributed by atoms with Crippen molar-refractivity contribution in [2.75, 3.05) is 36.8 Å². The molecule has 2 aromatic carbocycles. The maximum absolute atomic E-state index is 13.0. The molecule has 2 aromatic rings. The summed E-state index contributed by atoms with van der Waals surface area (Å²) in [7, 11) is 0. The molecule has 0 unspecified atom stereocenters. The molecule has 0 aliphatic rings. The highest BCUT2D eigenvalue weighted by molar-refractivity contribution is 9.10. The molecule has 0 atom stereocenters. The lowest BCUT2D eigenvalue weighted by Gasteiger charge is -2.33. The van der Waals surface area contributed by atoms with Gasteiger partial charge in [-0.15, -0.1) is 0 Å². The summed E-state index contributed by atoms with van der Waals surface area (Å²) in [5, 5.41) is 8.10. The third kappa shape index (κ3) is 9.69. The van der Waals surface area contributed by atoms with Crippen molar-refractivity contribution >= 4 is 39.4 Å². The number of urea groups is 2. The molecule has 0 aromatic heterocycles. The zero-order valence-electron chi connectivity index (χ0n) is 20.8. The standard InChI is InChI=1S/C25H33BrF3N5O2/c1-17(2)34(18(3)4)16-15-33(14-13-30-23(35)31-21-11-7-20(26)8-12-21)24(36)32-22-9-5-19(6-10-22)25(27,28)29/h5-12,17-18H,13-16H2,1-4H3,(H,32,36)(H2,30,31,35). The number of nitrogens with one attached hydrogen (secondary N) is 3. The van der Waals surface area contributed by atoms with E-state index < -0.39 is 23.8 Å². The number of nitrogens with zero attached hydrogens (tertiary/aromatic N) is 2. The number of hydrogen-bond acceptors (Lipinski definition) is 3. The van der Waals surface area contributed by atoms with Crippen LogP contribution in [-0.2, 0) is 6.18 Å². The van der Waals surface area contributed by atoms with Crippen LogP contribution in [0.15, 0.2) is 53.0 Å². The van der Waals surface area contributed by atoms with Crippen LogP contribution in [0.3, 0.4) is 0 Å². The Morgan fingerprint density at radius 1 is 0.833 bits per heavy atom. The predicted molar refractivity (Wildman–Crippen MR) is 140 cm³/mol. The van der Waals surface area contributed by atoms with Crippen LogP contribution in [0.4, 0.5) is 34.1 Å². The number of rotatable bonds is 10. The van der Waals surface area contributed by atoms with Crippen molar-refractivity contribution in [1.82, 2.24) is 15.1 Å². The lowest BCUT2D eigenvalue weighted by atomic mass is 10.2. The summed E-state index contributed by atoms with van der Waals surface area (Å²) < 4.78 is 39.4. The van der Waals surface area contributed by atoms with Crippen LogP contribution in [0.2, 0.25) is 0 Å². The molecule has 36 heavy (non-hydrogen) atoms. The lowest BCUT2D eigenvalue weighted by molar-refractivity contribution is -0.137. The van der Waals surface area contributed by atoms with Gasteiger partial charge in [0.25, 0.3) is 0 Å². The SMILES string of the molecule is CC(C)N(CCN(CCNC(=O)Nc1ccc(Br)cc1)C(=O)Nc1ccc(C(F)(F)F)cc1)C(C)C. The molecule has 0 bridgehead atoms. The molecule has 0 aliphatic carbocycles. The van der Waals surface area contributed by atoms with E-state index in [9.17, 15) is 22.8 Å². The minimum absolute atomic E-state index is 0.187. The Morgan fingerprint density at radius 3 is 1.89 bits per heavy atom. The molecular formula is C25H33BrF3N5O2. The number of alkyl halides is 3. The minimum atomic E-state index is -4.45. The van der Waals surface area contributed by atoms with Crippen LogP contribution in [-0.4, -0.2) is 60.1 Å². The molecule has 0 saturated carbocycles. The highest BCUT2D eigenvalue weighted by atomic mass is 79.9. The summed E-state index contributed by atoms with van der Waals surface area (Å²) in [5.41, 5.74) is 0.0866. The summed E-state index contributed by atoms with van der Waals surface area (Å²) in [5.74, 6) is 0. The van der Waals surface area contributed by atoms with E-state index in [0.29, 0.717) is 18.8 Å². The first kappa shape index (κ1) is 29.4. The lowest BCUT2D eigenvalue weighted by Crippen LogP contribution is -2.47. The van der Waals surface area contributed by atoms with Gasteiger partial charge in [-0.25, -0.2) is 9.59 Å². The van der Waals surface area contributed by atoms with Crippen LogP contribution in [0.25, 0.3) is 0 Å². The van der Waals surface area contributed by atoms with Crippen molar-refractivity contribution < 1.29 is 22.8 Å². The van der Waals surface area contributed by atoms with E-state index in [4.69, 9.17) is 0 Å². The van der Waals surface area contributed by atoms with Crippen molar-refractivity contribution in [3.05, 3.63) is 58.6 Å². The first-order valence-corrected chi connectivity index (χ1v) is 12.5. The van der Waals surface area contributed by atoms with Crippen LogP contribution >= 0.6 is 15.9 Å². The zero-order chi connectivity index (χ0) is 26.9. The van der Waals surface area contributed by atoms with E-state index in [1.54, 1.807) is 24.3 Å². The van der Waals surface area contributed by atoms with Gasteiger partial charge in [0.2, 0.25) is 0 Å². The van der Waals surface area contributed by atoms with Crippen molar-refractivity contribution in [3.63, 3.8) is 0 Å². The smallest absolute Gasteiger partial charge is 0.336 e. The normalized spacial score (nSPS) is 11.6. The number of amides is 4. The zero-order valence-corrected chi connectivity index (χ0v) is 22.4. The molecule has 4 amide bonds. The highest BCUT2D eigenvalue weighted by Crippen LogP contribution is 2.29. The number of benzene rings is 2. The first-order chi connectivity index (χ1) is 16.9. The topological polar surface area (TPSA) is 76.7 Å². The van der Waals surface area contributed by atoms with Gasteiger partial charge in [0.15, 0.2) is 0 Å². The van der Waals surface area contributed by atoms with Crippen LogP contribution in [0.5, 0.6) is 0 Å². The van der Waals surface area contributed by atoms with Crippen molar-refractivity contribution in [2.24, 2.45) is 0 Å². The largest absolute Gasteiger partial charge is 0.416 e. The van der Waals surface area contributed by atoms with Crippen molar-refractivity contribution in [3.8, 4) is 0 Å². The first-order valence-electron chi connectivity index (χ1n) is 11.7. The summed E-state index contributed by atoms with van der Waals surface area (Å²) in [6, 6.07) is 11.0. The molecule has 0 radical (unpaired) electrons. The predicted octanol–water partition coefficient (Wildman–Crippen LogP) is 6.24. The monoisotopic (exact) mass is 571 g/mol. The van der Waals surface area contributed by atoms with E-state index in [1.165, 1.54) is 17.0 Å². The van der Waals surface area contributed by atoms with Crippen LogP contribution < -0.4 is 16.0 Å². The molecular weight excluding hydrogens is 539 g/mol. The summed E-state index contributed by atoms with van der Waals surface area (Å²) in [4.78, 5) is 29.0. The summed E-state index contributed by atoms with van der Waals surface area (Å²) in [6.07, 6.45) is -4.45. The second-order valence-electron chi connectivity index (χ2n) is 8.81. The number of halogens is 4. The van der Waals surface area contributed by atoms with E-state index in [2.05, 4.69) is 64.5 Å². The van der Waals surface area contributed by atoms with Gasteiger partial charge in [0.1, 0.15) is 0 Å². The molecule has 0 fully saturated rings. The second kappa shape index (κ2) is 13.5. The van der Waals surface area contributed by atoms with Crippen LogP contribution in [0.1, 0.15) is 33.3 Å². The molecule has 11 heteroatoms. The average Bonchev–Trinajstić information content (AvgIpc) is 2.78. The Hall–Kier alpha value is -2.79. The van der Waals surface area contributed by atoms with Gasteiger partial charge in [0.05, 0.1) is 5.56 Å². The Labute approximate surface area is 218 Å². The molecule has 7 nitrogen and oxygen atoms in total. The van der Waals surface area contributed by atoms with Gasteiger partial charge in [-0.1, -0.05) is 15.9 Å². The third-order valence-corrected chi connectivity index (χ3v) is 6.00. The van der Waals surface area contributed by atoms with Gasteiger partial charge in [-0.05, 0) is 76.2 Å². The fraction of sp³-hybridized carbons (Fsp3) is 0.440. The number of carbonyl (C=O) groups is 2. The summed E-state index contributed by atoms with van der Waals surface area (Å²) in [6.45, 7) is 9.65. The van der Waals surface area contributed by atoms with Crippen molar-refractivity contribution in [2.45, 2.75) is 46.0 Å². The maximum Gasteiger partial charge on any atom is 0.416 e. The fourth-order valence-electron chi connectivity index (χ4n) is 3.62. The Kier molecular flexibility index (Phi) is 11.0. The minimum Gasteiger partial charge on any atom is -0.336 e. The maximum atomic E-state index is 13.0. The molecule has 0 aliphatic heterocycles. The Bertz CT molecular complexity index is 975. The molecule has 0 saturated heterocycles. The number of hydrogen-bond donors (Lipinski definition) is 3. The summed E-state index contributed by atoms with van der Waals surface area (Å²) >= 11 is 3.34. The molecule has 0 heterocycles. The number of anilines is 2. The van der Waals surface area contributed by atoms with Crippen molar-refractivity contribution in [1.29, 1.82) is 0 Å². The van der Waals surface area contributed by atoms with E-state index in [1.807, 2.05) is 0 Å². The average molecular weight is 572 g/mol. The van der Waals surface area contributed by atoms with Gasteiger partial charge in [-0.3, -0.25) is 4.90 Å². The Balaban J connectivity index is 2.01. The van der Waals surface area contributed by atoms with Gasteiger partial charge in [-0.2, -0.15) is 13.2 Å². The van der Waals surface area contributed by atoms with E-state index in [0.717, 1.165) is 16.6 Å². The molecule has 3 N–H and O–H groups in total. The van der Waals surface area contributed by atoms with Gasteiger partial charge >= 0.3 is 18.2 Å². The van der Waals surface area contributed by atoms with E-state index in [-0.39, 0.29) is 30.9 Å². The Morgan fingerprint density at radius 2 is 1.36 bits per heavy atom. The van der Waals surface area contributed by atoms with E-state index >= 15 is 0 Å². The molecule has 0 spiro atoms. The second-order valence-corrected chi connectivity index (χ2v) is 9.72. The molecule has 2 rings (SSSR count). The van der Waals surface area contributed by atoms with Gasteiger partial charge in [0, 0.05) is 54.1 Å². The quantitative estimate of drug-likeness (QED) is 0.316. The number of carbonyl (C=O) groups excluding carboxylic acids is 2. The third-order valence-electron chi connectivity index (χ3n) is 5.47.